The largest absolute Gasteiger partial charge is 0.377 e. The zero-order chi connectivity index (χ0) is 12.3. The second-order valence-electron chi connectivity index (χ2n) is 5.06. The summed E-state index contributed by atoms with van der Waals surface area (Å²) in [5.74, 6) is 1.53. The van der Waals surface area contributed by atoms with E-state index in [1.54, 1.807) is 7.11 Å². The third-order valence-electron chi connectivity index (χ3n) is 3.36. The van der Waals surface area contributed by atoms with Crippen molar-refractivity contribution in [2.45, 2.75) is 26.4 Å². The van der Waals surface area contributed by atoms with Crippen molar-refractivity contribution in [3.63, 3.8) is 0 Å². The molecular weight excluding hydrogens is 218 g/mol. The first-order valence-electron chi connectivity index (χ1n) is 6.02. The Kier molecular flexibility index (Phi) is 3.63. The zero-order valence-electron chi connectivity index (χ0n) is 10.6. The van der Waals surface area contributed by atoms with Gasteiger partial charge in [0, 0.05) is 20.2 Å². The summed E-state index contributed by atoms with van der Waals surface area (Å²) in [5.41, 5.74) is 6.02. The number of nitrogens with two attached hydrogens (primary N) is 1. The van der Waals surface area contributed by atoms with Crippen molar-refractivity contribution in [2.75, 3.05) is 31.6 Å². The van der Waals surface area contributed by atoms with Crippen LogP contribution in [0, 0.1) is 5.41 Å². The van der Waals surface area contributed by atoms with Gasteiger partial charge in [0.15, 0.2) is 5.82 Å². The molecule has 2 heterocycles. The molecule has 6 nitrogen and oxygen atoms in total. The van der Waals surface area contributed by atoms with Crippen LogP contribution in [0.5, 0.6) is 0 Å². The van der Waals surface area contributed by atoms with Crippen LogP contribution in [0.2, 0.25) is 0 Å². The second-order valence-corrected chi connectivity index (χ2v) is 5.06. The van der Waals surface area contributed by atoms with Crippen LogP contribution in [0.15, 0.2) is 0 Å². The fraction of sp³-hybridized carbons (Fsp3) is 0.818. The number of hydrogen-bond donors (Lipinski definition) is 2. The molecule has 0 radical (unpaired) electrons. The first-order valence-corrected chi connectivity index (χ1v) is 6.02. The van der Waals surface area contributed by atoms with Crippen LogP contribution in [0.4, 0.5) is 5.95 Å². The third-order valence-corrected chi connectivity index (χ3v) is 3.36. The number of aromatic amines is 1. The van der Waals surface area contributed by atoms with E-state index in [0.29, 0.717) is 13.2 Å². The van der Waals surface area contributed by atoms with Crippen LogP contribution in [0.3, 0.4) is 0 Å². The number of methoxy groups -OCH3 is 1. The summed E-state index contributed by atoms with van der Waals surface area (Å²) in [6, 6.07) is 0. The van der Waals surface area contributed by atoms with Crippen molar-refractivity contribution in [1.29, 1.82) is 0 Å². The summed E-state index contributed by atoms with van der Waals surface area (Å²) >= 11 is 0. The molecule has 1 fully saturated rings. The SMILES string of the molecule is COCc1nc(N2CCCC(C)(CN)C2)n[nH]1. The van der Waals surface area contributed by atoms with Crippen molar-refractivity contribution in [2.24, 2.45) is 11.1 Å². The molecule has 1 aromatic rings. The van der Waals surface area contributed by atoms with Crippen LogP contribution in [0.25, 0.3) is 0 Å². The lowest BCUT2D eigenvalue weighted by molar-refractivity contribution is 0.178. The molecule has 0 amide bonds. The molecule has 1 atom stereocenters. The Morgan fingerprint density at radius 2 is 2.41 bits per heavy atom. The first kappa shape index (κ1) is 12.3. The summed E-state index contributed by atoms with van der Waals surface area (Å²) in [6.07, 6.45) is 2.32. The van der Waals surface area contributed by atoms with Crippen LogP contribution >= 0.6 is 0 Å². The molecule has 17 heavy (non-hydrogen) atoms. The topological polar surface area (TPSA) is 80.1 Å². The van der Waals surface area contributed by atoms with Crippen molar-refractivity contribution in [3.05, 3.63) is 5.82 Å². The minimum absolute atomic E-state index is 0.181. The molecule has 2 rings (SSSR count). The number of aromatic nitrogens is 3. The quantitative estimate of drug-likeness (QED) is 0.800. The summed E-state index contributed by atoms with van der Waals surface area (Å²) in [7, 11) is 1.65. The van der Waals surface area contributed by atoms with Crippen LogP contribution in [-0.4, -0.2) is 41.9 Å². The highest BCUT2D eigenvalue weighted by Gasteiger charge is 2.31. The van der Waals surface area contributed by atoms with E-state index in [9.17, 15) is 0 Å². The molecule has 1 unspecified atom stereocenters. The summed E-state index contributed by atoms with van der Waals surface area (Å²) in [5, 5.41) is 7.12. The maximum absolute atomic E-state index is 5.84. The van der Waals surface area contributed by atoms with Gasteiger partial charge in [-0.3, -0.25) is 5.10 Å². The fourth-order valence-corrected chi connectivity index (χ4v) is 2.28. The van der Waals surface area contributed by atoms with Crippen molar-refractivity contribution >= 4 is 5.95 Å². The monoisotopic (exact) mass is 239 g/mol. The maximum atomic E-state index is 5.84. The molecule has 0 aliphatic carbocycles. The van der Waals surface area contributed by atoms with E-state index in [-0.39, 0.29) is 5.41 Å². The standard InChI is InChI=1S/C11H21N5O/c1-11(7-12)4-3-5-16(8-11)10-13-9(6-17-2)14-15-10/h3-8,12H2,1-2H3,(H,13,14,15). The van der Waals surface area contributed by atoms with Crippen molar-refractivity contribution in [1.82, 2.24) is 15.2 Å². The van der Waals surface area contributed by atoms with E-state index in [1.807, 2.05) is 0 Å². The molecule has 0 saturated carbocycles. The van der Waals surface area contributed by atoms with Gasteiger partial charge in [-0.15, -0.1) is 5.10 Å². The molecule has 0 aromatic carbocycles. The lowest BCUT2D eigenvalue weighted by Crippen LogP contribution is -2.46. The number of nitrogens with zero attached hydrogens (tertiary/aromatic N) is 3. The molecule has 0 spiro atoms. The van der Waals surface area contributed by atoms with Crippen molar-refractivity contribution in [3.8, 4) is 0 Å². The van der Waals surface area contributed by atoms with Gasteiger partial charge >= 0.3 is 0 Å². The summed E-state index contributed by atoms with van der Waals surface area (Å²) in [4.78, 5) is 6.62. The molecular formula is C11H21N5O. The van der Waals surface area contributed by atoms with E-state index in [0.717, 1.165) is 31.3 Å². The summed E-state index contributed by atoms with van der Waals surface area (Å²) < 4.78 is 5.02. The number of nitrogens with one attached hydrogen (secondary N) is 1. The minimum Gasteiger partial charge on any atom is -0.377 e. The Balaban J connectivity index is 2.05. The number of anilines is 1. The lowest BCUT2D eigenvalue weighted by Gasteiger charge is -2.39. The van der Waals surface area contributed by atoms with Gasteiger partial charge in [0.2, 0.25) is 5.95 Å². The highest BCUT2D eigenvalue weighted by Crippen LogP contribution is 2.29. The number of ether oxygens (including phenoxy) is 1. The van der Waals surface area contributed by atoms with Gasteiger partial charge in [0.25, 0.3) is 0 Å². The first-order chi connectivity index (χ1) is 8.17. The molecule has 1 saturated heterocycles. The predicted octanol–water partition coefficient (Wildman–Crippen LogP) is 0.516. The fourth-order valence-electron chi connectivity index (χ4n) is 2.28. The Morgan fingerprint density at radius 3 is 3.12 bits per heavy atom. The average Bonchev–Trinajstić information content (AvgIpc) is 2.78. The Hall–Kier alpha value is -1.14. The van der Waals surface area contributed by atoms with E-state index in [1.165, 1.54) is 6.42 Å². The van der Waals surface area contributed by atoms with Gasteiger partial charge in [-0.05, 0) is 24.8 Å². The van der Waals surface area contributed by atoms with Crippen LogP contribution in [0.1, 0.15) is 25.6 Å². The van der Waals surface area contributed by atoms with Crippen molar-refractivity contribution < 1.29 is 4.74 Å². The molecule has 3 N–H and O–H groups in total. The molecule has 1 aromatic heterocycles. The van der Waals surface area contributed by atoms with E-state index in [2.05, 4.69) is 27.0 Å². The third kappa shape index (κ3) is 2.76. The van der Waals surface area contributed by atoms with E-state index < -0.39 is 0 Å². The maximum Gasteiger partial charge on any atom is 0.244 e. The smallest absolute Gasteiger partial charge is 0.244 e. The van der Waals surface area contributed by atoms with Gasteiger partial charge in [-0.1, -0.05) is 6.92 Å². The lowest BCUT2D eigenvalue weighted by atomic mass is 9.82. The normalized spacial score (nSPS) is 25.2. The van der Waals surface area contributed by atoms with Gasteiger partial charge in [0.05, 0.1) is 0 Å². The Labute approximate surface area is 102 Å². The predicted molar refractivity (Wildman–Crippen MR) is 65.7 cm³/mol. The molecule has 1 aliphatic heterocycles. The molecule has 96 valence electrons. The minimum atomic E-state index is 0.181. The molecule has 6 heteroatoms. The summed E-state index contributed by atoms with van der Waals surface area (Å²) in [6.45, 7) is 5.32. The Morgan fingerprint density at radius 1 is 1.59 bits per heavy atom. The highest BCUT2D eigenvalue weighted by molar-refractivity contribution is 5.30. The number of rotatable bonds is 4. The van der Waals surface area contributed by atoms with E-state index >= 15 is 0 Å². The molecule has 1 aliphatic rings. The number of H-pyrrole nitrogens is 1. The number of piperidine rings is 1. The second kappa shape index (κ2) is 5.01. The van der Waals surface area contributed by atoms with Gasteiger partial charge in [-0.25, -0.2) is 0 Å². The highest BCUT2D eigenvalue weighted by atomic mass is 16.5. The molecule has 0 bridgehead atoms. The van der Waals surface area contributed by atoms with Gasteiger partial charge in [0.1, 0.15) is 6.61 Å². The average molecular weight is 239 g/mol. The number of hydrogen-bond acceptors (Lipinski definition) is 5. The van der Waals surface area contributed by atoms with Gasteiger partial charge < -0.3 is 15.4 Å². The van der Waals surface area contributed by atoms with Crippen LogP contribution in [-0.2, 0) is 11.3 Å². The Bertz CT molecular complexity index is 366. The van der Waals surface area contributed by atoms with E-state index in [4.69, 9.17) is 10.5 Å². The van der Waals surface area contributed by atoms with Gasteiger partial charge in [-0.2, -0.15) is 4.98 Å². The zero-order valence-corrected chi connectivity index (χ0v) is 10.6. The van der Waals surface area contributed by atoms with Crippen LogP contribution < -0.4 is 10.6 Å².